The smallest absolute Gasteiger partial charge is 0.229 e. The third-order valence-corrected chi connectivity index (χ3v) is 6.35. The zero-order chi connectivity index (χ0) is 27.9. The van der Waals surface area contributed by atoms with Gasteiger partial charge in [-0.05, 0) is 66.6 Å². The maximum Gasteiger partial charge on any atom is 0.229 e. The maximum absolute atomic E-state index is 5.95. The number of nitrogens with one attached hydrogen (secondary N) is 1. The number of aromatic nitrogens is 5. The fraction of sp³-hybridized carbons (Fsp3) is 0.167. The van der Waals surface area contributed by atoms with Crippen LogP contribution >= 0.6 is 11.6 Å². The topological polar surface area (TPSA) is 98.2 Å². The first-order chi connectivity index (χ1) is 19.5. The van der Waals surface area contributed by atoms with Crippen molar-refractivity contribution >= 4 is 29.1 Å². The van der Waals surface area contributed by atoms with Crippen LogP contribution in [0, 0.1) is 6.92 Å². The number of halogens is 1. The summed E-state index contributed by atoms with van der Waals surface area (Å²) >= 11 is 5.95. The standard InChI is InChI=1S/C30H28ClN7O2/c1-20-34-29(26-5-4-16-32-28(26)36-23-10-15-27(31)33-17-23)37-30(35-20)38(18-21-6-11-24(39-2)12-7-21)19-22-8-13-25(40-3)14-9-22/h4-17H,18-19H2,1-3H3,(H,32,36). The molecular formula is C30H28ClN7O2. The largest absolute Gasteiger partial charge is 0.497 e. The number of ether oxygens (including phenoxy) is 2. The van der Waals surface area contributed by atoms with Gasteiger partial charge >= 0.3 is 0 Å². The Morgan fingerprint density at radius 3 is 2.00 bits per heavy atom. The second kappa shape index (κ2) is 12.4. The Kier molecular flexibility index (Phi) is 8.32. The predicted octanol–water partition coefficient (Wildman–Crippen LogP) is 6.26. The summed E-state index contributed by atoms with van der Waals surface area (Å²) in [6.07, 6.45) is 3.36. The van der Waals surface area contributed by atoms with Crippen LogP contribution in [-0.2, 0) is 13.1 Å². The summed E-state index contributed by atoms with van der Waals surface area (Å²) < 4.78 is 10.7. The lowest BCUT2D eigenvalue weighted by Crippen LogP contribution is -2.25. The van der Waals surface area contributed by atoms with Gasteiger partial charge in [-0.2, -0.15) is 9.97 Å². The Hall–Kier alpha value is -4.76. The maximum atomic E-state index is 5.95. The Labute approximate surface area is 237 Å². The summed E-state index contributed by atoms with van der Waals surface area (Å²) in [5, 5.41) is 3.71. The highest BCUT2D eigenvalue weighted by molar-refractivity contribution is 6.29. The SMILES string of the molecule is COc1ccc(CN(Cc2ccc(OC)cc2)c2nc(C)nc(-c3cccnc3Nc3ccc(Cl)nc3)n2)cc1. The summed E-state index contributed by atoms with van der Waals surface area (Å²) in [6, 6.07) is 23.3. The normalized spacial score (nSPS) is 10.7. The molecule has 0 radical (unpaired) electrons. The number of hydrogen-bond donors (Lipinski definition) is 1. The highest BCUT2D eigenvalue weighted by Crippen LogP contribution is 2.28. The van der Waals surface area contributed by atoms with E-state index in [9.17, 15) is 0 Å². The van der Waals surface area contributed by atoms with E-state index in [1.165, 1.54) is 0 Å². The summed E-state index contributed by atoms with van der Waals surface area (Å²) in [5.74, 6) is 3.86. The van der Waals surface area contributed by atoms with Gasteiger partial charge < -0.3 is 19.7 Å². The van der Waals surface area contributed by atoms with Gasteiger partial charge in [0, 0.05) is 19.3 Å². The number of nitrogens with zero attached hydrogens (tertiary/aromatic N) is 6. The van der Waals surface area contributed by atoms with Crippen molar-refractivity contribution in [1.29, 1.82) is 0 Å². The number of pyridine rings is 2. The average molecular weight is 554 g/mol. The Morgan fingerprint density at radius 2 is 1.43 bits per heavy atom. The van der Waals surface area contributed by atoms with Crippen molar-refractivity contribution < 1.29 is 9.47 Å². The van der Waals surface area contributed by atoms with Gasteiger partial charge in [-0.25, -0.2) is 15.0 Å². The van der Waals surface area contributed by atoms with E-state index >= 15 is 0 Å². The van der Waals surface area contributed by atoms with E-state index in [-0.39, 0.29) is 0 Å². The summed E-state index contributed by atoms with van der Waals surface area (Å²) in [7, 11) is 3.32. The zero-order valence-electron chi connectivity index (χ0n) is 22.4. The van der Waals surface area contributed by atoms with Crippen molar-refractivity contribution in [2.45, 2.75) is 20.0 Å². The van der Waals surface area contributed by atoms with E-state index in [0.29, 0.717) is 41.7 Å². The molecule has 2 aromatic carbocycles. The molecule has 3 heterocycles. The van der Waals surface area contributed by atoms with Gasteiger partial charge in [0.15, 0.2) is 5.82 Å². The summed E-state index contributed by atoms with van der Waals surface area (Å²) in [4.78, 5) is 25.1. The van der Waals surface area contributed by atoms with Crippen LogP contribution in [0.3, 0.4) is 0 Å². The molecule has 40 heavy (non-hydrogen) atoms. The molecule has 0 saturated carbocycles. The number of aryl methyl sites for hydroxylation is 1. The van der Waals surface area contributed by atoms with Crippen molar-refractivity contribution in [3.05, 3.63) is 107 Å². The van der Waals surface area contributed by atoms with Crippen LogP contribution in [0.1, 0.15) is 17.0 Å². The molecule has 0 atom stereocenters. The Balaban J connectivity index is 1.51. The third kappa shape index (κ3) is 6.62. The number of anilines is 3. The molecule has 10 heteroatoms. The lowest BCUT2D eigenvalue weighted by atomic mass is 10.1. The summed E-state index contributed by atoms with van der Waals surface area (Å²) in [6.45, 7) is 3.02. The molecule has 0 unspecified atom stereocenters. The minimum absolute atomic E-state index is 0.415. The highest BCUT2D eigenvalue weighted by Gasteiger charge is 2.17. The van der Waals surface area contributed by atoms with Crippen molar-refractivity contribution in [3.8, 4) is 22.9 Å². The molecule has 3 aromatic heterocycles. The molecule has 5 aromatic rings. The fourth-order valence-electron chi connectivity index (χ4n) is 4.10. The van der Waals surface area contributed by atoms with E-state index in [1.54, 1.807) is 32.7 Å². The van der Waals surface area contributed by atoms with E-state index in [1.807, 2.05) is 73.7 Å². The molecule has 9 nitrogen and oxygen atoms in total. The predicted molar refractivity (Wildman–Crippen MR) is 156 cm³/mol. The quantitative estimate of drug-likeness (QED) is 0.201. The van der Waals surface area contributed by atoms with Crippen LogP contribution in [0.2, 0.25) is 5.15 Å². The van der Waals surface area contributed by atoms with Gasteiger partial charge in [0.1, 0.15) is 28.3 Å². The van der Waals surface area contributed by atoms with E-state index < -0.39 is 0 Å². The molecule has 0 saturated heterocycles. The molecule has 0 amide bonds. The number of hydrogen-bond acceptors (Lipinski definition) is 9. The minimum atomic E-state index is 0.415. The van der Waals surface area contributed by atoms with Crippen LogP contribution in [0.5, 0.6) is 11.5 Å². The van der Waals surface area contributed by atoms with Crippen LogP contribution < -0.4 is 19.7 Å². The van der Waals surface area contributed by atoms with Crippen molar-refractivity contribution in [3.63, 3.8) is 0 Å². The van der Waals surface area contributed by atoms with Crippen LogP contribution in [-0.4, -0.2) is 39.1 Å². The van der Waals surface area contributed by atoms with Crippen LogP contribution in [0.15, 0.2) is 85.2 Å². The van der Waals surface area contributed by atoms with E-state index in [0.717, 1.165) is 33.9 Å². The molecule has 202 valence electrons. The molecule has 0 aliphatic heterocycles. The molecule has 5 rings (SSSR count). The molecule has 0 bridgehead atoms. The number of methoxy groups -OCH3 is 2. The van der Waals surface area contributed by atoms with Gasteiger partial charge in [0.2, 0.25) is 5.95 Å². The second-order valence-electron chi connectivity index (χ2n) is 8.95. The molecule has 1 N–H and O–H groups in total. The van der Waals surface area contributed by atoms with Gasteiger partial charge in [-0.15, -0.1) is 0 Å². The van der Waals surface area contributed by atoms with Gasteiger partial charge in [-0.1, -0.05) is 35.9 Å². The first-order valence-corrected chi connectivity index (χ1v) is 13.0. The summed E-state index contributed by atoms with van der Waals surface area (Å²) in [5.41, 5.74) is 3.66. The van der Waals surface area contributed by atoms with E-state index in [2.05, 4.69) is 25.2 Å². The highest BCUT2D eigenvalue weighted by atomic mass is 35.5. The fourth-order valence-corrected chi connectivity index (χ4v) is 4.21. The first-order valence-electron chi connectivity index (χ1n) is 12.6. The lowest BCUT2D eigenvalue weighted by Gasteiger charge is -2.24. The zero-order valence-corrected chi connectivity index (χ0v) is 23.1. The Morgan fingerprint density at radius 1 is 0.775 bits per heavy atom. The number of benzene rings is 2. The van der Waals surface area contributed by atoms with Crippen molar-refractivity contribution in [2.24, 2.45) is 0 Å². The molecule has 0 aliphatic carbocycles. The lowest BCUT2D eigenvalue weighted by molar-refractivity contribution is 0.414. The average Bonchev–Trinajstić information content (AvgIpc) is 2.98. The molecule has 0 aliphatic rings. The van der Waals surface area contributed by atoms with Crippen molar-refractivity contribution in [1.82, 2.24) is 24.9 Å². The van der Waals surface area contributed by atoms with Gasteiger partial charge in [0.05, 0.1) is 31.7 Å². The van der Waals surface area contributed by atoms with Crippen LogP contribution in [0.4, 0.5) is 17.5 Å². The third-order valence-electron chi connectivity index (χ3n) is 6.12. The molecular weight excluding hydrogens is 526 g/mol. The van der Waals surface area contributed by atoms with E-state index in [4.69, 9.17) is 31.0 Å². The second-order valence-corrected chi connectivity index (χ2v) is 9.34. The molecule has 0 spiro atoms. The molecule has 0 fully saturated rings. The van der Waals surface area contributed by atoms with Crippen LogP contribution in [0.25, 0.3) is 11.4 Å². The Bertz CT molecular complexity index is 1510. The van der Waals surface area contributed by atoms with Gasteiger partial charge in [0.25, 0.3) is 0 Å². The minimum Gasteiger partial charge on any atom is -0.497 e. The monoisotopic (exact) mass is 553 g/mol. The first kappa shape index (κ1) is 26.8. The van der Waals surface area contributed by atoms with Gasteiger partial charge in [-0.3, -0.25) is 0 Å². The van der Waals surface area contributed by atoms with Crippen molar-refractivity contribution in [2.75, 3.05) is 24.4 Å². The number of rotatable bonds is 10.